The standard InChI is InChI=1S/C41H40N4O/c1-26(2)30-16-19-37-36(22-30)35-18-17-34(25-38(35)44(37)39-23-31(20-21-42-39)41(5,6)7)46-33-15-11-14-32(24-33)45-28(4)40(27(3)43-45)29-12-9-8-10-13-29/h8-26H,1-7H3. The van der Waals surface area contributed by atoms with Crippen LogP contribution < -0.4 is 4.74 Å². The van der Waals surface area contributed by atoms with E-state index in [-0.39, 0.29) is 5.41 Å². The van der Waals surface area contributed by atoms with Crippen LogP contribution in [0.4, 0.5) is 0 Å². The maximum absolute atomic E-state index is 6.56. The number of ether oxygens (including phenoxy) is 1. The van der Waals surface area contributed by atoms with Crippen LogP contribution in [0.15, 0.2) is 109 Å². The molecule has 0 bridgehead atoms. The number of pyridine rings is 1. The summed E-state index contributed by atoms with van der Waals surface area (Å²) in [7, 11) is 0. The zero-order valence-corrected chi connectivity index (χ0v) is 27.7. The Morgan fingerprint density at radius 1 is 0.717 bits per heavy atom. The summed E-state index contributed by atoms with van der Waals surface area (Å²) in [5.74, 6) is 2.86. The van der Waals surface area contributed by atoms with Crippen LogP contribution in [-0.2, 0) is 5.41 Å². The molecule has 0 atom stereocenters. The number of aryl methyl sites for hydroxylation is 1. The van der Waals surface area contributed by atoms with E-state index in [1.807, 2.05) is 29.1 Å². The van der Waals surface area contributed by atoms with Gasteiger partial charge in [-0.25, -0.2) is 9.67 Å². The summed E-state index contributed by atoms with van der Waals surface area (Å²) in [6.45, 7) is 15.4. The predicted octanol–water partition coefficient (Wildman–Crippen LogP) is 10.9. The first-order valence-corrected chi connectivity index (χ1v) is 16.0. The van der Waals surface area contributed by atoms with Gasteiger partial charge in [-0.05, 0) is 90.4 Å². The molecular formula is C41H40N4O. The third-order valence-electron chi connectivity index (χ3n) is 8.92. The average Bonchev–Trinajstić information content (AvgIpc) is 3.53. The monoisotopic (exact) mass is 604 g/mol. The van der Waals surface area contributed by atoms with Crippen LogP contribution in [0.5, 0.6) is 11.5 Å². The molecule has 4 aromatic carbocycles. The SMILES string of the molecule is Cc1nn(-c2cccc(Oc3ccc4c5cc(C(C)C)ccc5n(-c5cc(C(C)(C)C)ccn5)c4c3)c2)c(C)c1-c1ccccc1. The first kappa shape index (κ1) is 29.5. The van der Waals surface area contributed by atoms with Crippen molar-refractivity contribution < 1.29 is 4.74 Å². The van der Waals surface area contributed by atoms with Gasteiger partial charge in [0.1, 0.15) is 17.3 Å². The molecule has 230 valence electrons. The first-order valence-electron chi connectivity index (χ1n) is 16.0. The Kier molecular flexibility index (Phi) is 7.28. The van der Waals surface area contributed by atoms with Crippen LogP contribution in [0.2, 0.25) is 0 Å². The fraction of sp³-hybridized carbons (Fsp3) is 0.220. The molecule has 5 nitrogen and oxygen atoms in total. The van der Waals surface area contributed by atoms with Crippen LogP contribution >= 0.6 is 0 Å². The van der Waals surface area contributed by atoms with E-state index in [4.69, 9.17) is 14.8 Å². The van der Waals surface area contributed by atoms with Crippen LogP contribution in [0.25, 0.3) is 44.4 Å². The van der Waals surface area contributed by atoms with Crippen molar-refractivity contribution in [2.75, 3.05) is 0 Å². The van der Waals surface area contributed by atoms with E-state index in [1.54, 1.807) is 0 Å². The summed E-state index contributed by atoms with van der Waals surface area (Å²) < 4.78 is 10.8. The number of fused-ring (bicyclic) bond motifs is 3. The van der Waals surface area contributed by atoms with Crippen molar-refractivity contribution in [2.24, 2.45) is 0 Å². The van der Waals surface area contributed by atoms with E-state index in [9.17, 15) is 0 Å². The van der Waals surface area contributed by atoms with E-state index in [2.05, 4.69) is 138 Å². The Morgan fingerprint density at radius 2 is 1.50 bits per heavy atom. The van der Waals surface area contributed by atoms with Gasteiger partial charge in [0.2, 0.25) is 0 Å². The maximum Gasteiger partial charge on any atom is 0.137 e. The normalized spacial score (nSPS) is 12.0. The number of hydrogen-bond acceptors (Lipinski definition) is 3. The number of hydrogen-bond donors (Lipinski definition) is 0. The Hall–Kier alpha value is -5.16. The number of aromatic nitrogens is 4. The lowest BCUT2D eigenvalue weighted by Crippen LogP contribution is -2.12. The number of rotatable bonds is 6. The lowest BCUT2D eigenvalue weighted by atomic mass is 9.88. The molecule has 0 saturated carbocycles. The Balaban J connectivity index is 1.32. The van der Waals surface area contributed by atoms with E-state index < -0.39 is 0 Å². The van der Waals surface area contributed by atoms with Gasteiger partial charge < -0.3 is 4.74 Å². The van der Waals surface area contributed by atoms with E-state index in [0.717, 1.165) is 51.0 Å². The first-order chi connectivity index (χ1) is 22.1. The number of benzene rings is 4. The van der Waals surface area contributed by atoms with Crippen LogP contribution in [0.1, 0.15) is 63.1 Å². The van der Waals surface area contributed by atoms with Crippen molar-refractivity contribution >= 4 is 21.8 Å². The second-order valence-electron chi connectivity index (χ2n) is 13.5. The fourth-order valence-corrected chi connectivity index (χ4v) is 6.43. The molecule has 7 aromatic rings. The zero-order chi connectivity index (χ0) is 32.2. The number of nitrogens with zero attached hydrogens (tertiary/aromatic N) is 4. The van der Waals surface area contributed by atoms with Crippen molar-refractivity contribution in [3.63, 3.8) is 0 Å². The molecule has 46 heavy (non-hydrogen) atoms. The van der Waals surface area contributed by atoms with Crippen LogP contribution in [0, 0.1) is 13.8 Å². The third-order valence-corrected chi connectivity index (χ3v) is 8.92. The third kappa shape index (κ3) is 5.26. The highest BCUT2D eigenvalue weighted by molar-refractivity contribution is 6.09. The van der Waals surface area contributed by atoms with Gasteiger partial charge in [0.25, 0.3) is 0 Å². The van der Waals surface area contributed by atoms with E-state index >= 15 is 0 Å². The Bertz CT molecular complexity index is 2210. The molecule has 0 aliphatic rings. The molecule has 0 saturated heterocycles. The molecule has 0 spiro atoms. The van der Waals surface area contributed by atoms with Gasteiger partial charge in [0, 0.05) is 40.4 Å². The van der Waals surface area contributed by atoms with Crippen molar-refractivity contribution in [3.05, 3.63) is 132 Å². The summed E-state index contributed by atoms with van der Waals surface area (Å²) in [6, 6.07) is 36.1. The van der Waals surface area contributed by atoms with Crippen molar-refractivity contribution in [1.82, 2.24) is 19.3 Å². The van der Waals surface area contributed by atoms with Crippen molar-refractivity contribution in [3.8, 4) is 34.1 Å². The van der Waals surface area contributed by atoms with Gasteiger partial charge in [-0.15, -0.1) is 0 Å². The van der Waals surface area contributed by atoms with Gasteiger partial charge in [-0.1, -0.05) is 77.1 Å². The van der Waals surface area contributed by atoms with Gasteiger partial charge in [0.15, 0.2) is 0 Å². The van der Waals surface area contributed by atoms with Gasteiger partial charge in [-0.2, -0.15) is 5.10 Å². The molecular weight excluding hydrogens is 564 g/mol. The second-order valence-corrected chi connectivity index (χ2v) is 13.5. The second kappa shape index (κ2) is 11.3. The molecule has 0 aliphatic carbocycles. The zero-order valence-electron chi connectivity index (χ0n) is 27.7. The fourth-order valence-electron chi connectivity index (χ4n) is 6.43. The van der Waals surface area contributed by atoms with Gasteiger partial charge in [-0.3, -0.25) is 4.57 Å². The minimum absolute atomic E-state index is 0.00782. The highest BCUT2D eigenvalue weighted by atomic mass is 16.5. The highest BCUT2D eigenvalue weighted by Gasteiger charge is 2.19. The summed E-state index contributed by atoms with van der Waals surface area (Å²) in [5, 5.41) is 7.31. The predicted molar refractivity (Wildman–Crippen MR) is 190 cm³/mol. The molecule has 0 aliphatic heterocycles. The molecule has 0 unspecified atom stereocenters. The minimum Gasteiger partial charge on any atom is -0.457 e. The van der Waals surface area contributed by atoms with Crippen molar-refractivity contribution in [1.29, 1.82) is 0 Å². The molecule has 0 N–H and O–H groups in total. The molecule has 0 radical (unpaired) electrons. The largest absolute Gasteiger partial charge is 0.457 e. The maximum atomic E-state index is 6.56. The molecule has 5 heteroatoms. The molecule has 0 fully saturated rings. The van der Waals surface area contributed by atoms with E-state index in [0.29, 0.717) is 5.92 Å². The summed E-state index contributed by atoms with van der Waals surface area (Å²) in [4.78, 5) is 4.86. The Labute approximate surface area is 271 Å². The topological polar surface area (TPSA) is 44.9 Å². The van der Waals surface area contributed by atoms with E-state index in [1.165, 1.54) is 27.5 Å². The molecule has 3 aromatic heterocycles. The summed E-state index contributed by atoms with van der Waals surface area (Å²) in [5.41, 5.74) is 10.2. The Morgan fingerprint density at radius 3 is 2.26 bits per heavy atom. The lowest BCUT2D eigenvalue weighted by Gasteiger charge is -2.20. The highest BCUT2D eigenvalue weighted by Crippen LogP contribution is 2.37. The summed E-state index contributed by atoms with van der Waals surface area (Å²) >= 11 is 0. The molecule has 3 heterocycles. The van der Waals surface area contributed by atoms with Gasteiger partial charge >= 0.3 is 0 Å². The quantitative estimate of drug-likeness (QED) is 0.190. The van der Waals surface area contributed by atoms with Gasteiger partial charge in [0.05, 0.1) is 22.4 Å². The molecule has 7 rings (SSSR count). The lowest BCUT2D eigenvalue weighted by molar-refractivity contribution is 0.482. The minimum atomic E-state index is 0.00782. The summed E-state index contributed by atoms with van der Waals surface area (Å²) in [6.07, 6.45) is 1.92. The van der Waals surface area contributed by atoms with Crippen molar-refractivity contribution in [2.45, 2.75) is 59.8 Å². The molecule has 0 amide bonds. The average molecular weight is 605 g/mol. The van der Waals surface area contributed by atoms with Crippen LogP contribution in [0.3, 0.4) is 0 Å². The van der Waals surface area contributed by atoms with Crippen LogP contribution in [-0.4, -0.2) is 19.3 Å². The smallest absolute Gasteiger partial charge is 0.137 e.